The van der Waals surface area contributed by atoms with Crippen LogP contribution in [0.1, 0.15) is 18.4 Å². The first-order chi connectivity index (χ1) is 13.6. The zero-order valence-corrected chi connectivity index (χ0v) is 15.9. The third-order valence-electron chi connectivity index (χ3n) is 4.68. The summed E-state index contributed by atoms with van der Waals surface area (Å²) in [6, 6.07) is 9.96. The molecule has 0 aliphatic carbocycles. The van der Waals surface area contributed by atoms with Crippen molar-refractivity contribution in [1.29, 1.82) is 0 Å². The van der Waals surface area contributed by atoms with Gasteiger partial charge in [0, 0.05) is 18.8 Å². The number of carbonyl (C=O) groups is 1. The topological polar surface area (TPSA) is 66.5 Å². The maximum absolute atomic E-state index is 13.4. The van der Waals surface area contributed by atoms with Gasteiger partial charge in [-0.25, -0.2) is 12.8 Å². The summed E-state index contributed by atoms with van der Waals surface area (Å²) < 4.78 is 78.6. The number of rotatable bonds is 4. The van der Waals surface area contributed by atoms with Crippen molar-refractivity contribution in [3.05, 3.63) is 59.9 Å². The van der Waals surface area contributed by atoms with Crippen LogP contribution in [0, 0.1) is 11.7 Å². The first-order valence-corrected chi connectivity index (χ1v) is 10.3. The maximum atomic E-state index is 13.4. The van der Waals surface area contributed by atoms with E-state index in [1.807, 2.05) is 0 Å². The summed E-state index contributed by atoms with van der Waals surface area (Å²) in [5.74, 6) is -2.78. The summed E-state index contributed by atoms with van der Waals surface area (Å²) in [5, 5.41) is 2.34. The predicted molar refractivity (Wildman–Crippen MR) is 98.0 cm³/mol. The minimum absolute atomic E-state index is 0.0869. The van der Waals surface area contributed by atoms with Crippen molar-refractivity contribution >= 4 is 21.6 Å². The lowest BCUT2D eigenvalue weighted by Gasteiger charge is -2.31. The number of amides is 1. The molecule has 1 atom stereocenters. The molecule has 5 nitrogen and oxygen atoms in total. The van der Waals surface area contributed by atoms with Crippen molar-refractivity contribution in [1.82, 2.24) is 4.31 Å². The second-order valence-electron chi connectivity index (χ2n) is 6.70. The Labute approximate surface area is 165 Å². The average Bonchev–Trinajstić information content (AvgIpc) is 2.69. The Bertz CT molecular complexity index is 994. The fraction of sp³-hybridized carbons (Fsp3) is 0.316. The van der Waals surface area contributed by atoms with Gasteiger partial charge in [-0.3, -0.25) is 4.79 Å². The van der Waals surface area contributed by atoms with Crippen molar-refractivity contribution in [3.8, 4) is 0 Å². The highest BCUT2D eigenvalue weighted by Gasteiger charge is 2.35. The quantitative estimate of drug-likeness (QED) is 0.749. The third-order valence-corrected chi connectivity index (χ3v) is 6.55. The Kier molecular flexibility index (Phi) is 5.95. The van der Waals surface area contributed by atoms with E-state index in [1.54, 1.807) is 18.2 Å². The van der Waals surface area contributed by atoms with Crippen molar-refractivity contribution in [2.45, 2.75) is 23.9 Å². The van der Waals surface area contributed by atoms with Gasteiger partial charge < -0.3 is 5.32 Å². The first kappa shape index (κ1) is 21.3. The Balaban J connectivity index is 1.74. The average molecular weight is 430 g/mol. The molecule has 1 N–H and O–H groups in total. The van der Waals surface area contributed by atoms with Gasteiger partial charge in [0.15, 0.2) is 0 Å². The standard InChI is InChI=1S/C19H18F4N2O3S/c20-17-9-8-14(11-16(17)19(21,22)23)24-18(26)13-5-4-10-25(12-13)29(27,28)15-6-2-1-3-7-15/h1-3,6-9,11,13H,4-5,10,12H2,(H,24,26)/t13-/m0/s1. The zero-order valence-electron chi connectivity index (χ0n) is 15.1. The van der Waals surface area contributed by atoms with Gasteiger partial charge in [-0.05, 0) is 43.2 Å². The van der Waals surface area contributed by atoms with Crippen LogP contribution in [0.5, 0.6) is 0 Å². The van der Waals surface area contributed by atoms with Crippen LogP contribution in [0.4, 0.5) is 23.2 Å². The van der Waals surface area contributed by atoms with Crippen LogP contribution in [0.2, 0.25) is 0 Å². The lowest BCUT2D eigenvalue weighted by Crippen LogP contribution is -2.43. The molecule has 3 rings (SSSR count). The van der Waals surface area contributed by atoms with Gasteiger partial charge in [0.05, 0.1) is 16.4 Å². The second-order valence-corrected chi connectivity index (χ2v) is 8.63. The molecule has 0 spiro atoms. The number of alkyl halides is 3. The van der Waals surface area contributed by atoms with Crippen molar-refractivity contribution in [2.75, 3.05) is 18.4 Å². The van der Waals surface area contributed by atoms with E-state index in [0.29, 0.717) is 25.0 Å². The molecule has 1 amide bonds. The number of hydrogen-bond acceptors (Lipinski definition) is 3. The molecule has 1 fully saturated rings. The minimum Gasteiger partial charge on any atom is -0.326 e. The molecule has 1 aliphatic rings. The van der Waals surface area contributed by atoms with E-state index in [0.717, 1.165) is 6.07 Å². The number of halogens is 4. The minimum atomic E-state index is -4.89. The molecule has 10 heteroatoms. The highest BCUT2D eigenvalue weighted by atomic mass is 32.2. The molecule has 0 aromatic heterocycles. The molecule has 1 heterocycles. The molecule has 0 saturated carbocycles. The van der Waals surface area contributed by atoms with Crippen LogP contribution >= 0.6 is 0 Å². The molecule has 0 unspecified atom stereocenters. The molecule has 0 radical (unpaired) electrons. The molecule has 1 aliphatic heterocycles. The number of nitrogens with zero attached hydrogens (tertiary/aromatic N) is 1. The maximum Gasteiger partial charge on any atom is 0.419 e. The van der Waals surface area contributed by atoms with E-state index >= 15 is 0 Å². The van der Waals surface area contributed by atoms with E-state index in [2.05, 4.69) is 5.32 Å². The fourth-order valence-corrected chi connectivity index (χ4v) is 4.73. The van der Waals surface area contributed by atoms with E-state index in [-0.39, 0.29) is 23.7 Å². The van der Waals surface area contributed by atoms with Crippen molar-refractivity contribution in [3.63, 3.8) is 0 Å². The van der Waals surface area contributed by atoms with Gasteiger partial charge in [-0.15, -0.1) is 0 Å². The molecule has 0 bridgehead atoms. The number of carbonyl (C=O) groups excluding carboxylic acids is 1. The molecular weight excluding hydrogens is 412 g/mol. The number of piperidine rings is 1. The number of nitrogens with one attached hydrogen (secondary N) is 1. The number of hydrogen-bond donors (Lipinski definition) is 1. The molecule has 2 aromatic carbocycles. The summed E-state index contributed by atoms with van der Waals surface area (Å²) in [6.45, 7) is 0.159. The van der Waals surface area contributed by atoms with Gasteiger partial charge in [0.2, 0.25) is 15.9 Å². The largest absolute Gasteiger partial charge is 0.419 e. The third kappa shape index (κ3) is 4.76. The van der Waals surface area contributed by atoms with Crippen molar-refractivity contribution in [2.24, 2.45) is 5.92 Å². The SMILES string of the molecule is O=C(Nc1ccc(F)c(C(F)(F)F)c1)[C@H]1CCCN(S(=O)(=O)c2ccccc2)C1. The Morgan fingerprint density at radius 2 is 1.79 bits per heavy atom. The van der Waals surface area contributed by atoms with Crippen LogP contribution in [0.15, 0.2) is 53.4 Å². The molecular formula is C19H18F4N2O3S. The number of anilines is 1. The highest BCUT2D eigenvalue weighted by Crippen LogP contribution is 2.33. The highest BCUT2D eigenvalue weighted by molar-refractivity contribution is 7.89. The van der Waals surface area contributed by atoms with Crippen LogP contribution < -0.4 is 5.32 Å². The van der Waals surface area contributed by atoms with Crippen LogP contribution in [0.3, 0.4) is 0 Å². The van der Waals surface area contributed by atoms with E-state index in [9.17, 15) is 30.8 Å². The molecule has 156 valence electrons. The summed E-state index contributed by atoms with van der Waals surface area (Å²) in [7, 11) is -3.78. The fourth-order valence-electron chi connectivity index (χ4n) is 3.18. The Hall–Kier alpha value is -2.46. The van der Waals surface area contributed by atoms with Crippen LogP contribution in [0.25, 0.3) is 0 Å². The van der Waals surface area contributed by atoms with E-state index < -0.39 is 39.4 Å². The normalized spacial score (nSPS) is 18.4. The monoisotopic (exact) mass is 430 g/mol. The smallest absolute Gasteiger partial charge is 0.326 e. The van der Waals surface area contributed by atoms with Crippen LogP contribution in [-0.4, -0.2) is 31.7 Å². The predicted octanol–water partition coefficient (Wildman–Crippen LogP) is 3.88. The zero-order chi connectivity index (χ0) is 21.2. The Morgan fingerprint density at radius 1 is 1.10 bits per heavy atom. The first-order valence-electron chi connectivity index (χ1n) is 8.82. The summed E-state index contributed by atoms with van der Waals surface area (Å²) in [6.07, 6.45) is -4.07. The summed E-state index contributed by atoms with van der Waals surface area (Å²) in [5.41, 5.74) is -1.68. The molecule has 29 heavy (non-hydrogen) atoms. The summed E-state index contributed by atoms with van der Waals surface area (Å²) >= 11 is 0. The van der Waals surface area contributed by atoms with Crippen LogP contribution in [-0.2, 0) is 21.0 Å². The Morgan fingerprint density at radius 3 is 2.45 bits per heavy atom. The van der Waals surface area contributed by atoms with Crippen molar-refractivity contribution < 1.29 is 30.8 Å². The summed E-state index contributed by atoms with van der Waals surface area (Å²) in [4.78, 5) is 12.6. The lowest BCUT2D eigenvalue weighted by atomic mass is 9.98. The number of sulfonamides is 1. The van der Waals surface area contributed by atoms with E-state index in [1.165, 1.54) is 16.4 Å². The van der Waals surface area contributed by atoms with Gasteiger partial charge in [-0.1, -0.05) is 18.2 Å². The van der Waals surface area contributed by atoms with Gasteiger partial charge in [0.25, 0.3) is 0 Å². The molecule has 1 saturated heterocycles. The van der Waals surface area contributed by atoms with Gasteiger partial charge in [-0.2, -0.15) is 17.5 Å². The molecule has 2 aromatic rings. The number of benzene rings is 2. The van der Waals surface area contributed by atoms with Gasteiger partial charge in [0.1, 0.15) is 5.82 Å². The van der Waals surface area contributed by atoms with E-state index in [4.69, 9.17) is 0 Å². The second kappa shape index (κ2) is 8.11. The lowest BCUT2D eigenvalue weighted by molar-refractivity contribution is -0.140. The van der Waals surface area contributed by atoms with Gasteiger partial charge >= 0.3 is 6.18 Å².